The number of aromatic nitrogens is 1. The minimum atomic E-state index is -0.322. The highest BCUT2D eigenvalue weighted by molar-refractivity contribution is 5.88. The molecule has 0 bridgehead atoms. The number of rotatable bonds is 3. The van der Waals surface area contributed by atoms with E-state index in [2.05, 4.69) is 6.92 Å². The molecule has 0 amide bonds. The monoisotopic (exact) mass is 260 g/mol. The molecule has 1 aliphatic rings. The predicted octanol–water partition coefficient (Wildman–Crippen LogP) is 3.12. The molecular formula is C14H16N2O3. The number of ether oxygens (including phenoxy) is 1. The first-order valence-electron chi connectivity index (χ1n) is 6.53. The minimum absolute atomic E-state index is 0.158. The second kappa shape index (κ2) is 4.66. The van der Waals surface area contributed by atoms with E-state index < -0.39 is 0 Å². The molecule has 5 nitrogen and oxygen atoms in total. The highest BCUT2D eigenvalue weighted by Crippen LogP contribution is 2.28. The Hall–Kier alpha value is -1.88. The van der Waals surface area contributed by atoms with Gasteiger partial charge < -0.3 is 9.30 Å². The molecule has 2 heterocycles. The molecule has 1 saturated heterocycles. The summed E-state index contributed by atoms with van der Waals surface area (Å²) in [4.78, 5) is 10.8. The van der Waals surface area contributed by atoms with Crippen LogP contribution < -0.4 is 0 Å². The van der Waals surface area contributed by atoms with Gasteiger partial charge in [0.15, 0.2) is 0 Å². The molecule has 19 heavy (non-hydrogen) atoms. The smallest absolute Gasteiger partial charge is 0.293 e. The largest absolute Gasteiger partial charge is 0.373 e. The molecule has 1 aromatic heterocycles. The highest BCUT2D eigenvalue weighted by atomic mass is 16.6. The molecule has 0 saturated carbocycles. The maximum absolute atomic E-state index is 11.1. The van der Waals surface area contributed by atoms with E-state index in [4.69, 9.17) is 4.74 Å². The lowest BCUT2D eigenvalue weighted by molar-refractivity contribution is -0.383. The van der Waals surface area contributed by atoms with Crippen LogP contribution in [0.5, 0.6) is 0 Å². The average molecular weight is 260 g/mol. The second-order valence-corrected chi connectivity index (χ2v) is 5.09. The molecule has 3 rings (SSSR count). The minimum Gasteiger partial charge on any atom is -0.373 e. The molecular weight excluding hydrogens is 244 g/mol. The Morgan fingerprint density at radius 1 is 1.42 bits per heavy atom. The topological polar surface area (TPSA) is 57.3 Å². The SMILES string of the molecule is CC1CCC(Cn2ccc3cccc([N+](=O)[O-])c32)O1. The molecule has 1 aliphatic heterocycles. The molecule has 1 aromatic carbocycles. The Bertz CT molecular complexity index is 620. The van der Waals surface area contributed by atoms with Gasteiger partial charge in [-0.15, -0.1) is 0 Å². The number of fused-ring (bicyclic) bond motifs is 1. The lowest BCUT2D eigenvalue weighted by atomic mass is 10.2. The number of nitro benzene ring substituents is 1. The summed E-state index contributed by atoms with van der Waals surface area (Å²) in [6.45, 7) is 2.74. The Balaban J connectivity index is 1.97. The van der Waals surface area contributed by atoms with Crippen LogP contribution in [-0.4, -0.2) is 21.7 Å². The quantitative estimate of drug-likeness (QED) is 0.629. The zero-order chi connectivity index (χ0) is 13.4. The molecule has 0 radical (unpaired) electrons. The van der Waals surface area contributed by atoms with Crippen LogP contribution in [-0.2, 0) is 11.3 Å². The third kappa shape index (κ3) is 2.21. The summed E-state index contributed by atoms with van der Waals surface area (Å²) < 4.78 is 7.73. The third-order valence-electron chi connectivity index (χ3n) is 3.68. The Kier molecular flexibility index (Phi) is 2.98. The molecule has 2 unspecified atom stereocenters. The van der Waals surface area contributed by atoms with Crippen LogP contribution in [0.1, 0.15) is 19.8 Å². The summed E-state index contributed by atoms with van der Waals surface area (Å²) in [5.74, 6) is 0. The first-order valence-corrected chi connectivity index (χ1v) is 6.53. The van der Waals surface area contributed by atoms with Crippen molar-refractivity contribution in [3.63, 3.8) is 0 Å². The zero-order valence-electron chi connectivity index (χ0n) is 10.8. The lowest BCUT2D eigenvalue weighted by Crippen LogP contribution is -2.16. The molecule has 2 aromatic rings. The summed E-state index contributed by atoms with van der Waals surface area (Å²) in [7, 11) is 0. The summed E-state index contributed by atoms with van der Waals surface area (Å²) >= 11 is 0. The Morgan fingerprint density at radius 3 is 2.95 bits per heavy atom. The van der Waals surface area contributed by atoms with Gasteiger partial charge in [-0.05, 0) is 25.8 Å². The van der Waals surface area contributed by atoms with E-state index in [0.29, 0.717) is 18.2 Å². The van der Waals surface area contributed by atoms with Crippen LogP contribution in [0.3, 0.4) is 0 Å². The summed E-state index contributed by atoms with van der Waals surface area (Å²) in [6.07, 6.45) is 4.43. The van der Waals surface area contributed by atoms with Crippen LogP contribution in [0.25, 0.3) is 10.9 Å². The van der Waals surface area contributed by atoms with E-state index in [0.717, 1.165) is 18.2 Å². The van der Waals surface area contributed by atoms with Crippen molar-refractivity contribution in [3.05, 3.63) is 40.6 Å². The summed E-state index contributed by atoms with van der Waals surface area (Å²) in [5, 5.41) is 12.0. The fraction of sp³-hybridized carbons (Fsp3) is 0.429. The number of benzene rings is 1. The first kappa shape index (κ1) is 12.2. The average Bonchev–Trinajstić information content (AvgIpc) is 2.97. The number of nitro groups is 1. The van der Waals surface area contributed by atoms with Crippen LogP contribution >= 0.6 is 0 Å². The normalized spacial score (nSPS) is 23.0. The molecule has 100 valence electrons. The van der Waals surface area contributed by atoms with E-state index in [1.165, 1.54) is 0 Å². The maximum Gasteiger partial charge on any atom is 0.293 e. The summed E-state index contributed by atoms with van der Waals surface area (Å²) in [5.41, 5.74) is 0.851. The number of non-ortho nitro benzene ring substituents is 1. The van der Waals surface area contributed by atoms with Crippen molar-refractivity contribution in [3.8, 4) is 0 Å². The van der Waals surface area contributed by atoms with Crippen molar-refractivity contribution in [2.24, 2.45) is 0 Å². The van der Waals surface area contributed by atoms with Crippen molar-refractivity contribution in [1.29, 1.82) is 0 Å². The molecule has 5 heteroatoms. The van der Waals surface area contributed by atoms with Crippen molar-refractivity contribution in [2.75, 3.05) is 0 Å². The van der Waals surface area contributed by atoms with E-state index in [9.17, 15) is 10.1 Å². The molecule has 0 aliphatic carbocycles. The molecule has 2 atom stereocenters. The second-order valence-electron chi connectivity index (χ2n) is 5.09. The first-order chi connectivity index (χ1) is 9.15. The van der Waals surface area contributed by atoms with E-state index >= 15 is 0 Å². The van der Waals surface area contributed by atoms with Gasteiger partial charge in [-0.2, -0.15) is 0 Å². The van der Waals surface area contributed by atoms with Gasteiger partial charge in [-0.25, -0.2) is 0 Å². The van der Waals surface area contributed by atoms with Crippen LogP contribution in [0.15, 0.2) is 30.5 Å². The number of hydrogen-bond donors (Lipinski definition) is 0. The maximum atomic E-state index is 11.1. The van der Waals surface area contributed by atoms with Crippen molar-refractivity contribution in [2.45, 2.75) is 38.5 Å². The van der Waals surface area contributed by atoms with Crippen LogP contribution in [0, 0.1) is 10.1 Å². The van der Waals surface area contributed by atoms with Gasteiger partial charge in [-0.3, -0.25) is 10.1 Å². The fourth-order valence-corrected chi connectivity index (χ4v) is 2.78. The van der Waals surface area contributed by atoms with E-state index in [-0.39, 0.29) is 16.7 Å². The van der Waals surface area contributed by atoms with Crippen molar-refractivity contribution < 1.29 is 9.66 Å². The van der Waals surface area contributed by atoms with Gasteiger partial charge in [0.1, 0.15) is 5.52 Å². The molecule has 0 spiro atoms. The van der Waals surface area contributed by atoms with E-state index in [1.54, 1.807) is 12.1 Å². The Labute approximate surface area is 110 Å². The number of hydrogen-bond acceptors (Lipinski definition) is 3. The zero-order valence-corrected chi connectivity index (χ0v) is 10.8. The van der Waals surface area contributed by atoms with Gasteiger partial charge >= 0.3 is 0 Å². The number of para-hydroxylation sites is 1. The van der Waals surface area contributed by atoms with Gasteiger partial charge in [0, 0.05) is 24.2 Å². The van der Waals surface area contributed by atoms with Crippen LogP contribution in [0.2, 0.25) is 0 Å². The van der Waals surface area contributed by atoms with Gasteiger partial charge in [0.2, 0.25) is 0 Å². The van der Waals surface area contributed by atoms with Gasteiger partial charge in [0.05, 0.1) is 17.1 Å². The molecule has 1 fully saturated rings. The number of nitrogens with zero attached hydrogens (tertiary/aromatic N) is 2. The van der Waals surface area contributed by atoms with Crippen molar-refractivity contribution >= 4 is 16.6 Å². The predicted molar refractivity (Wildman–Crippen MR) is 72.2 cm³/mol. The third-order valence-corrected chi connectivity index (χ3v) is 3.68. The summed E-state index contributed by atoms with van der Waals surface area (Å²) in [6, 6.07) is 7.09. The van der Waals surface area contributed by atoms with E-state index in [1.807, 2.05) is 22.9 Å². The van der Waals surface area contributed by atoms with Crippen LogP contribution in [0.4, 0.5) is 5.69 Å². The van der Waals surface area contributed by atoms with Crippen molar-refractivity contribution in [1.82, 2.24) is 4.57 Å². The molecule has 0 N–H and O–H groups in total. The fourth-order valence-electron chi connectivity index (χ4n) is 2.78. The lowest BCUT2D eigenvalue weighted by Gasteiger charge is -2.13. The van der Waals surface area contributed by atoms with Gasteiger partial charge in [-0.1, -0.05) is 12.1 Å². The standard InChI is InChI=1S/C14H16N2O3/c1-10-5-6-12(19-10)9-15-8-7-11-3-2-4-13(14(11)15)16(17)18/h2-4,7-8,10,12H,5-6,9H2,1H3. The Morgan fingerprint density at radius 2 is 2.26 bits per heavy atom. The van der Waals surface area contributed by atoms with Gasteiger partial charge in [0.25, 0.3) is 5.69 Å². The highest BCUT2D eigenvalue weighted by Gasteiger charge is 2.24.